The van der Waals surface area contributed by atoms with E-state index in [0.29, 0.717) is 29.4 Å². The first-order valence-electron chi connectivity index (χ1n) is 10.8. The van der Waals surface area contributed by atoms with Crippen molar-refractivity contribution >= 4 is 23.5 Å². The third kappa shape index (κ3) is 5.50. The molecule has 0 atom stereocenters. The molecule has 2 aromatic carbocycles. The number of nitrogens with one attached hydrogen (secondary N) is 3. The summed E-state index contributed by atoms with van der Waals surface area (Å²) in [5, 5.41) is 22.6. The number of aromatic hydroxyl groups is 1. The number of carbonyl (C=O) groups excluding carboxylic acids is 1. The van der Waals surface area contributed by atoms with Gasteiger partial charge in [-0.2, -0.15) is 5.26 Å². The average molecular weight is 472 g/mol. The maximum absolute atomic E-state index is 12.6. The summed E-state index contributed by atoms with van der Waals surface area (Å²) >= 11 is 1.31. The van der Waals surface area contributed by atoms with Crippen molar-refractivity contribution < 1.29 is 9.90 Å². The largest absolute Gasteiger partial charge is 0.508 e. The van der Waals surface area contributed by atoms with E-state index in [2.05, 4.69) is 26.3 Å². The molecule has 4 aromatic rings. The topological polar surface area (TPSA) is 118 Å². The molecule has 34 heavy (non-hydrogen) atoms. The Morgan fingerprint density at radius 2 is 1.76 bits per heavy atom. The molecule has 2 heterocycles. The Labute approximate surface area is 202 Å². The zero-order valence-corrected chi connectivity index (χ0v) is 19.8. The number of H-pyrrole nitrogens is 2. The average Bonchev–Trinajstić information content (AvgIpc) is 3.32. The molecular weight excluding hydrogens is 446 g/mol. The maximum atomic E-state index is 12.6. The minimum atomic E-state index is -0.219. The lowest BCUT2D eigenvalue weighted by Gasteiger charge is -2.03. The van der Waals surface area contributed by atoms with E-state index in [1.165, 1.54) is 11.8 Å². The van der Waals surface area contributed by atoms with E-state index in [0.717, 1.165) is 33.8 Å². The Bertz CT molecular complexity index is 1330. The van der Waals surface area contributed by atoms with Crippen molar-refractivity contribution in [3.05, 3.63) is 93.9 Å². The standard InChI is InChI=1S/C26H25N5O2S/c1-16-21(14-27)25(29-22(16)12-18-6-4-3-5-7-18)31-24(33)15-34-26-28-17(2)23(30-26)13-19-8-10-20(32)11-9-19/h3-11,29,32H,12-13,15H2,1-2H3,(H,28,30)(H,31,33). The summed E-state index contributed by atoms with van der Waals surface area (Å²) in [7, 11) is 0. The summed E-state index contributed by atoms with van der Waals surface area (Å²) in [4.78, 5) is 23.7. The molecule has 0 aliphatic rings. The Morgan fingerprint density at radius 1 is 1.06 bits per heavy atom. The van der Waals surface area contributed by atoms with E-state index in [9.17, 15) is 15.2 Å². The predicted molar refractivity (Wildman–Crippen MR) is 133 cm³/mol. The second-order valence-electron chi connectivity index (χ2n) is 8.05. The second kappa shape index (κ2) is 10.3. The summed E-state index contributed by atoms with van der Waals surface area (Å²) in [5.41, 5.74) is 6.20. The van der Waals surface area contributed by atoms with Crippen LogP contribution in [0, 0.1) is 25.2 Å². The van der Waals surface area contributed by atoms with Gasteiger partial charge in [-0.05, 0) is 42.7 Å². The number of carbonyl (C=O) groups is 1. The van der Waals surface area contributed by atoms with Crippen molar-refractivity contribution in [1.82, 2.24) is 15.0 Å². The number of aromatic nitrogens is 3. The highest BCUT2D eigenvalue weighted by molar-refractivity contribution is 7.99. The first-order chi connectivity index (χ1) is 16.4. The second-order valence-corrected chi connectivity index (χ2v) is 9.01. The minimum Gasteiger partial charge on any atom is -0.508 e. The monoisotopic (exact) mass is 471 g/mol. The van der Waals surface area contributed by atoms with Gasteiger partial charge < -0.3 is 20.4 Å². The number of benzene rings is 2. The number of phenolic OH excluding ortho intramolecular Hbond substituents is 1. The number of aryl methyl sites for hydroxylation is 1. The Balaban J connectivity index is 1.38. The molecule has 0 saturated carbocycles. The van der Waals surface area contributed by atoms with Gasteiger partial charge in [0, 0.05) is 24.2 Å². The van der Waals surface area contributed by atoms with Crippen LogP contribution in [0.4, 0.5) is 5.82 Å². The number of hydrogen-bond donors (Lipinski definition) is 4. The van der Waals surface area contributed by atoms with Crippen LogP contribution in [0.3, 0.4) is 0 Å². The molecule has 4 rings (SSSR count). The van der Waals surface area contributed by atoms with Crippen LogP contribution in [0.5, 0.6) is 5.75 Å². The molecule has 7 nitrogen and oxygen atoms in total. The Kier molecular flexibility index (Phi) is 7.04. The number of rotatable bonds is 8. The van der Waals surface area contributed by atoms with Gasteiger partial charge in [0.05, 0.1) is 17.0 Å². The van der Waals surface area contributed by atoms with Gasteiger partial charge in [0.15, 0.2) is 5.16 Å². The van der Waals surface area contributed by atoms with E-state index in [1.54, 1.807) is 12.1 Å². The molecule has 172 valence electrons. The van der Waals surface area contributed by atoms with Crippen LogP contribution in [0.1, 0.15) is 39.3 Å². The SMILES string of the molecule is Cc1[nH]c(SCC(=O)Nc2[nH]c(Cc3ccccc3)c(C)c2C#N)nc1Cc1ccc(O)cc1. The van der Waals surface area contributed by atoms with E-state index in [4.69, 9.17) is 0 Å². The van der Waals surface area contributed by atoms with Gasteiger partial charge >= 0.3 is 0 Å². The normalized spacial score (nSPS) is 10.7. The third-order valence-corrected chi connectivity index (χ3v) is 6.44. The zero-order chi connectivity index (χ0) is 24.1. The number of imidazole rings is 1. The van der Waals surface area contributed by atoms with Crippen LogP contribution in [0.15, 0.2) is 59.8 Å². The lowest BCUT2D eigenvalue weighted by molar-refractivity contribution is -0.113. The fourth-order valence-electron chi connectivity index (χ4n) is 3.68. The van der Waals surface area contributed by atoms with Gasteiger partial charge in [0.25, 0.3) is 0 Å². The van der Waals surface area contributed by atoms with E-state index < -0.39 is 0 Å². The third-order valence-electron chi connectivity index (χ3n) is 5.57. The van der Waals surface area contributed by atoms with Gasteiger partial charge in [-0.1, -0.05) is 54.2 Å². The Morgan fingerprint density at radius 3 is 2.47 bits per heavy atom. The number of aromatic amines is 2. The molecule has 0 fully saturated rings. The van der Waals surface area contributed by atoms with Gasteiger partial charge in [0.2, 0.25) is 5.91 Å². The van der Waals surface area contributed by atoms with Crippen molar-refractivity contribution in [2.24, 2.45) is 0 Å². The predicted octanol–water partition coefficient (Wildman–Crippen LogP) is 4.84. The first-order valence-corrected chi connectivity index (χ1v) is 11.8. The molecule has 0 aliphatic carbocycles. The molecular formula is C26H25N5O2S. The quantitative estimate of drug-likeness (QED) is 0.274. The minimum absolute atomic E-state index is 0.155. The van der Waals surface area contributed by atoms with Crippen molar-refractivity contribution in [2.75, 3.05) is 11.1 Å². The first kappa shape index (κ1) is 23.2. The van der Waals surface area contributed by atoms with E-state index in [-0.39, 0.29) is 17.4 Å². The van der Waals surface area contributed by atoms with Crippen molar-refractivity contribution in [1.29, 1.82) is 5.26 Å². The highest BCUT2D eigenvalue weighted by atomic mass is 32.2. The lowest BCUT2D eigenvalue weighted by Crippen LogP contribution is -2.15. The smallest absolute Gasteiger partial charge is 0.235 e. The summed E-state index contributed by atoms with van der Waals surface area (Å²) < 4.78 is 0. The van der Waals surface area contributed by atoms with Crippen LogP contribution in [-0.2, 0) is 17.6 Å². The molecule has 0 bridgehead atoms. The van der Waals surface area contributed by atoms with Crippen LogP contribution in [0.2, 0.25) is 0 Å². The van der Waals surface area contributed by atoms with Crippen LogP contribution < -0.4 is 5.32 Å². The molecule has 2 aromatic heterocycles. The van der Waals surface area contributed by atoms with Crippen LogP contribution in [0.25, 0.3) is 0 Å². The van der Waals surface area contributed by atoms with Gasteiger partial charge in [0.1, 0.15) is 17.6 Å². The molecule has 0 unspecified atom stereocenters. The Hall–Kier alpha value is -3.96. The zero-order valence-electron chi connectivity index (χ0n) is 19.0. The fourth-order valence-corrected chi connectivity index (χ4v) is 4.42. The lowest BCUT2D eigenvalue weighted by atomic mass is 10.1. The molecule has 0 saturated heterocycles. The summed E-state index contributed by atoms with van der Waals surface area (Å²) in [6.45, 7) is 3.83. The molecule has 8 heteroatoms. The van der Waals surface area contributed by atoms with E-state index >= 15 is 0 Å². The van der Waals surface area contributed by atoms with Gasteiger partial charge in [-0.3, -0.25) is 4.79 Å². The van der Waals surface area contributed by atoms with Crippen LogP contribution >= 0.6 is 11.8 Å². The number of amides is 1. The number of hydrogen-bond acceptors (Lipinski definition) is 5. The summed E-state index contributed by atoms with van der Waals surface area (Å²) in [6, 6.07) is 19.2. The number of nitrogens with zero attached hydrogens (tertiary/aromatic N) is 2. The van der Waals surface area contributed by atoms with Crippen molar-refractivity contribution in [3.63, 3.8) is 0 Å². The number of anilines is 1. The van der Waals surface area contributed by atoms with Gasteiger partial charge in [-0.25, -0.2) is 4.98 Å². The fraction of sp³-hybridized carbons (Fsp3) is 0.192. The van der Waals surface area contributed by atoms with Gasteiger partial charge in [-0.15, -0.1) is 0 Å². The molecule has 4 N–H and O–H groups in total. The van der Waals surface area contributed by atoms with E-state index in [1.807, 2.05) is 56.3 Å². The maximum Gasteiger partial charge on any atom is 0.235 e. The summed E-state index contributed by atoms with van der Waals surface area (Å²) in [5.74, 6) is 0.597. The van der Waals surface area contributed by atoms with Crippen molar-refractivity contribution in [2.45, 2.75) is 31.8 Å². The van der Waals surface area contributed by atoms with Crippen molar-refractivity contribution in [3.8, 4) is 11.8 Å². The number of nitriles is 1. The molecule has 0 radical (unpaired) electrons. The molecule has 0 aliphatic heterocycles. The highest BCUT2D eigenvalue weighted by Gasteiger charge is 2.17. The molecule has 0 spiro atoms. The van der Waals surface area contributed by atoms with Crippen LogP contribution in [-0.4, -0.2) is 31.7 Å². The number of thioether (sulfide) groups is 1. The highest BCUT2D eigenvalue weighted by Crippen LogP contribution is 2.25. The molecule has 1 amide bonds. The summed E-state index contributed by atoms with van der Waals surface area (Å²) in [6.07, 6.45) is 1.29. The number of phenols is 1.